The second-order valence-corrected chi connectivity index (χ2v) is 7.32. The Labute approximate surface area is 174 Å². The Morgan fingerprint density at radius 2 is 1.79 bits per heavy atom. The summed E-state index contributed by atoms with van der Waals surface area (Å²) < 4.78 is 5.33. The van der Waals surface area contributed by atoms with Crippen LogP contribution in [0, 0.1) is 0 Å². The molecule has 3 amide bonds. The molecule has 1 fully saturated rings. The Balaban J connectivity index is 2.07. The molecule has 1 saturated heterocycles. The predicted octanol–water partition coefficient (Wildman–Crippen LogP) is 3.75. The van der Waals surface area contributed by atoms with Gasteiger partial charge in [-0.2, -0.15) is 0 Å². The van der Waals surface area contributed by atoms with Gasteiger partial charge in [-0.3, -0.25) is 4.79 Å². The predicted molar refractivity (Wildman–Crippen MR) is 118 cm³/mol. The molecule has 162 valence electrons. The maximum Gasteiger partial charge on any atom is 0.319 e. The van der Waals surface area contributed by atoms with Crippen LogP contribution in [0.4, 0.5) is 16.2 Å². The van der Waals surface area contributed by atoms with Crippen molar-refractivity contribution < 1.29 is 14.3 Å². The maximum atomic E-state index is 12.9. The number of urea groups is 1. The molecule has 0 radical (unpaired) electrons. The number of piperidine rings is 1. The summed E-state index contributed by atoms with van der Waals surface area (Å²) in [6.07, 6.45) is 6.24. The number of nitrogens with zero attached hydrogens (tertiary/aromatic N) is 1. The Bertz CT molecular complexity index is 645. The second-order valence-electron chi connectivity index (χ2n) is 7.32. The molecule has 0 spiro atoms. The molecule has 1 aliphatic heterocycles. The molecule has 0 unspecified atom stereocenters. The second kappa shape index (κ2) is 13.0. The largest absolute Gasteiger partial charge is 0.382 e. The van der Waals surface area contributed by atoms with Gasteiger partial charge < -0.3 is 25.6 Å². The van der Waals surface area contributed by atoms with Crippen LogP contribution in [0.1, 0.15) is 62.7 Å². The van der Waals surface area contributed by atoms with Gasteiger partial charge in [0, 0.05) is 50.8 Å². The molecule has 1 heterocycles. The first-order chi connectivity index (χ1) is 14.2. The Hall–Kier alpha value is -2.28. The summed E-state index contributed by atoms with van der Waals surface area (Å²) in [5, 5.41) is 8.67. The number of unbranched alkanes of at least 4 members (excludes halogenated alkanes) is 1. The van der Waals surface area contributed by atoms with E-state index >= 15 is 0 Å². The first-order valence-electron chi connectivity index (χ1n) is 11.0. The van der Waals surface area contributed by atoms with Gasteiger partial charge in [0.1, 0.15) is 0 Å². The summed E-state index contributed by atoms with van der Waals surface area (Å²) in [7, 11) is 0. The summed E-state index contributed by atoms with van der Waals surface area (Å²) in [5.74, 6) is -0.114. The van der Waals surface area contributed by atoms with Gasteiger partial charge >= 0.3 is 6.03 Å². The number of benzene rings is 1. The van der Waals surface area contributed by atoms with Crippen LogP contribution in [0.2, 0.25) is 0 Å². The summed E-state index contributed by atoms with van der Waals surface area (Å²) in [5.41, 5.74) is 2.16. The molecule has 1 aliphatic rings. The van der Waals surface area contributed by atoms with Crippen molar-refractivity contribution in [2.24, 2.45) is 0 Å². The Kier molecular flexibility index (Phi) is 10.3. The number of rotatable bonds is 11. The van der Waals surface area contributed by atoms with Crippen LogP contribution in [0.5, 0.6) is 0 Å². The molecule has 1 aromatic rings. The SMILES string of the molecule is CCCCNC(=O)Nc1ccc(N2CCCCC2)c(C(=O)NCCCOCC)c1. The standard InChI is InChI=1S/C22H36N4O3/c1-3-5-12-24-22(28)25-18-10-11-20(26-14-7-6-8-15-26)19(17-18)21(27)23-13-9-16-29-4-2/h10-11,17H,3-9,12-16H2,1-2H3,(H,23,27)(H2,24,25,28). The number of carbonyl (C=O) groups is 2. The molecule has 3 N–H and O–H groups in total. The third kappa shape index (κ3) is 7.93. The van der Waals surface area contributed by atoms with Gasteiger partial charge in [-0.1, -0.05) is 13.3 Å². The number of hydrogen-bond donors (Lipinski definition) is 3. The molecular formula is C22H36N4O3. The maximum absolute atomic E-state index is 12.9. The summed E-state index contributed by atoms with van der Waals surface area (Å²) in [4.78, 5) is 27.2. The van der Waals surface area contributed by atoms with E-state index in [2.05, 4.69) is 27.8 Å². The van der Waals surface area contributed by atoms with Crippen LogP contribution in [0.15, 0.2) is 18.2 Å². The zero-order valence-electron chi connectivity index (χ0n) is 17.9. The van der Waals surface area contributed by atoms with E-state index < -0.39 is 0 Å². The van der Waals surface area contributed by atoms with E-state index in [4.69, 9.17) is 4.74 Å². The number of nitrogens with one attached hydrogen (secondary N) is 3. The number of hydrogen-bond acceptors (Lipinski definition) is 4. The third-order valence-electron chi connectivity index (χ3n) is 4.97. The van der Waals surface area contributed by atoms with Gasteiger partial charge in [-0.25, -0.2) is 4.79 Å². The highest BCUT2D eigenvalue weighted by Crippen LogP contribution is 2.27. The lowest BCUT2D eigenvalue weighted by atomic mass is 10.1. The van der Waals surface area contributed by atoms with Crippen LogP contribution < -0.4 is 20.9 Å². The minimum absolute atomic E-state index is 0.114. The summed E-state index contributed by atoms with van der Waals surface area (Å²) in [6, 6.07) is 5.35. The monoisotopic (exact) mass is 404 g/mol. The molecule has 0 bridgehead atoms. The minimum Gasteiger partial charge on any atom is -0.382 e. The van der Waals surface area contributed by atoms with Gasteiger partial charge in [0.15, 0.2) is 0 Å². The van der Waals surface area contributed by atoms with E-state index in [1.54, 1.807) is 6.07 Å². The zero-order valence-corrected chi connectivity index (χ0v) is 17.9. The van der Waals surface area contributed by atoms with E-state index in [0.717, 1.165) is 50.9 Å². The molecule has 0 aromatic heterocycles. The van der Waals surface area contributed by atoms with Crippen molar-refractivity contribution in [1.29, 1.82) is 0 Å². The van der Waals surface area contributed by atoms with E-state index in [9.17, 15) is 9.59 Å². The fourth-order valence-electron chi connectivity index (χ4n) is 3.38. The fraction of sp³-hybridized carbons (Fsp3) is 0.636. The smallest absolute Gasteiger partial charge is 0.319 e. The van der Waals surface area contributed by atoms with Crippen molar-refractivity contribution in [2.75, 3.05) is 49.6 Å². The molecule has 2 rings (SSSR count). The summed E-state index contributed by atoms with van der Waals surface area (Å²) >= 11 is 0. The molecule has 0 saturated carbocycles. The topological polar surface area (TPSA) is 82.7 Å². The van der Waals surface area contributed by atoms with Crippen LogP contribution in [0.3, 0.4) is 0 Å². The first-order valence-corrected chi connectivity index (χ1v) is 11.0. The molecule has 29 heavy (non-hydrogen) atoms. The van der Waals surface area contributed by atoms with Gasteiger partial charge in [0.05, 0.1) is 5.56 Å². The van der Waals surface area contributed by atoms with E-state index in [1.165, 1.54) is 6.42 Å². The van der Waals surface area contributed by atoms with Crippen molar-refractivity contribution in [3.63, 3.8) is 0 Å². The molecule has 0 aliphatic carbocycles. The van der Waals surface area contributed by atoms with Gasteiger partial charge in [-0.15, -0.1) is 0 Å². The van der Waals surface area contributed by atoms with Crippen molar-refractivity contribution >= 4 is 23.3 Å². The van der Waals surface area contributed by atoms with Crippen molar-refractivity contribution in [1.82, 2.24) is 10.6 Å². The van der Waals surface area contributed by atoms with Crippen LogP contribution in [0.25, 0.3) is 0 Å². The lowest BCUT2D eigenvalue weighted by molar-refractivity contribution is 0.0944. The van der Waals surface area contributed by atoms with E-state index in [0.29, 0.717) is 37.6 Å². The molecule has 7 nitrogen and oxygen atoms in total. The molecule has 1 aromatic carbocycles. The van der Waals surface area contributed by atoms with Gasteiger partial charge in [0.2, 0.25) is 0 Å². The number of carbonyl (C=O) groups excluding carboxylic acids is 2. The Morgan fingerprint density at radius 1 is 1.03 bits per heavy atom. The van der Waals surface area contributed by atoms with E-state index in [-0.39, 0.29) is 11.9 Å². The van der Waals surface area contributed by atoms with Gasteiger partial charge in [-0.05, 0) is 57.2 Å². The number of ether oxygens (including phenoxy) is 1. The van der Waals surface area contributed by atoms with E-state index in [1.807, 2.05) is 19.1 Å². The van der Waals surface area contributed by atoms with Crippen molar-refractivity contribution in [2.45, 2.75) is 52.4 Å². The zero-order chi connectivity index (χ0) is 20.9. The minimum atomic E-state index is -0.243. The quantitative estimate of drug-likeness (QED) is 0.491. The van der Waals surface area contributed by atoms with Crippen LogP contribution in [-0.4, -0.2) is 51.3 Å². The molecule has 0 atom stereocenters. The lowest BCUT2D eigenvalue weighted by Crippen LogP contribution is -2.33. The highest BCUT2D eigenvalue weighted by Gasteiger charge is 2.19. The highest BCUT2D eigenvalue weighted by atomic mass is 16.5. The first kappa shape index (κ1) is 23.0. The molecular weight excluding hydrogens is 368 g/mol. The highest BCUT2D eigenvalue weighted by molar-refractivity contribution is 6.02. The lowest BCUT2D eigenvalue weighted by Gasteiger charge is -2.30. The Morgan fingerprint density at radius 3 is 2.52 bits per heavy atom. The molecule has 7 heteroatoms. The summed E-state index contributed by atoms with van der Waals surface area (Å²) in [6.45, 7) is 8.47. The third-order valence-corrected chi connectivity index (χ3v) is 4.97. The van der Waals surface area contributed by atoms with Gasteiger partial charge in [0.25, 0.3) is 5.91 Å². The normalized spacial score (nSPS) is 13.8. The van der Waals surface area contributed by atoms with Crippen molar-refractivity contribution in [3.05, 3.63) is 23.8 Å². The number of anilines is 2. The van der Waals surface area contributed by atoms with Crippen LogP contribution in [-0.2, 0) is 4.74 Å². The van der Waals surface area contributed by atoms with Crippen molar-refractivity contribution in [3.8, 4) is 0 Å². The average molecular weight is 405 g/mol. The fourth-order valence-corrected chi connectivity index (χ4v) is 3.38. The number of amides is 3. The average Bonchev–Trinajstić information content (AvgIpc) is 2.74. The van der Waals surface area contributed by atoms with Crippen LogP contribution >= 0.6 is 0 Å².